The van der Waals surface area contributed by atoms with E-state index in [-0.39, 0.29) is 17.2 Å². The number of carbonyl (C=O) groups is 1. The highest BCUT2D eigenvalue weighted by atomic mass is 19.2. The van der Waals surface area contributed by atoms with Crippen molar-refractivity contribution in [2.45, 2.75) is 83.5 Å². The van der Waals surface area contributed by atoms with E-state index in [1.165, 1.54) is 63.5 Å². The fourth-order valence-corrected chi connectivity index (χ4v) is 6.08. The summed E-state index contributed by atoms with van der Waals surface area (Å²) >= 11 is 0. The van der Waals surface area contributed by atoms with Gasteiger partial charge < -0.3 is 4.74 Å². The molecule has 2 aliphatic carbocycles. The van der Waals surface area contributed by atoms with E-state index in [0.29, 0.717) is 11.5 Å². The molecule has 2 aromatic carbocycles. The second kappa shape index (κ2) is 11.4. The number of benzene rings is 2. The van der Waals surface area contributed by atoms with Crippen molar-refractivity contribution < 1.29 is 22.7 Å². The topological polar surface area (TPSA) is 26.3 Å². The van der Waals surface area contributed by atoms with Crippen molar-refractivity contribution in [1.82, 2.24) is 0 Å². The summed E-state index contributed by atoms with van der Waals surface area (Å²) in [7, 11) is 0. The van der Waals surface area contributed by atoms with Gasteiger partial charge in [-0.1, -0.05) is 51.5 Å². The van der Waals surface area contributed by atoms with Gasteiger partial charge in [-0.25, -0.2) is 18.0 Å². The van der Waals surface area contributed by atoms with E-state index in [4.69, 9.17) is 4.74 Å². The van der Waals surface area contributed by atoms with E-state index in [1.807, 2.05) is 0 Å². The van der Waals surface area contributed by atoms with E-state index < -0.39 is 23.4 Å². The van der Waals surface area contributed by atoms with Crippen molar-refractivity contribution in [3.8, 4) is 5.75 Å². The Morgan fingerprint density at radius 1 is 0.853 bits per heavy atom. The Hall–Kier alpha value is -2.30. The molecule has 4 atom stereocenters. The zero-order chi connectivity index (χ0) is 24.1. The molecule has 0 radical (unpaired) electrons. The van der Waals surface area contributed by atoms with Crippen molar-refractivity contribution in [3.63, 3.8) is 0 Å². The molecule has 1 unspecified atom stereocenters. The van der Waals surface area contributed by atoms with Gasteiger partial charge in [-0.05, 0) is 85.6 Å². The van der Waals surface area contributed by atoms with Crippen LogP contribution in [0.25, 0.3) is 0 Å². The summed E-state index contributed by atoms with van der Waals surface area (Å²) in [6.45, 7) is 2.25. The number of halogens is 3. The van der Waals surface area contributed by atoms with E-state index in [0.717, 1.165) is 43.2 Å². The Morgan fingerprint density at radius 2 is 1.65 bits per heavy atom. The fraction of sp³-hybridized carbons (Fsp3) is 0.552. The summed E-state index contributed by atoms with van der Waals surface area (Å²) < 4.78 is 46.5. The Morgan fingerprint density at radius 3 is 2.41 bits per heavy atom. The lowest BCUT2D eigenvalue weighted by Crippen LogP contribution is -2.30. The maximum absolute atomic E-state index is 15.0. The molecule has 0 aliphatic heterocycles. The highest BCUT2D eigenvalue weighted by Gasteiger charge is 2.36. The van der Waals surface area contributed by atoms with Crippen LogP contribution in [0.4, 0.5) is 13.2 Å². The average Bonchev–Trinajstić information content (AvgIpc) is 2.83. The molecule has 5 heteroatoms. The van der Waals surface area contributed by atoms with Crippen molar-refractivity contribution in [1.29, 1.82) is 0 Å². The van der Waals surface area contributed by atoms with Gasteiger partial charge in [-0.3, -0.25) is 0 Å². The second-order valence-electron chi connectivity index (χ2n) is 10.3. The van der Waals surface area contributed by atoms with Crippen LogP contribution in [0.3, 0.4) is 0 Å². The molecule has 0 spiro atoms. The van der Waals surface area contributed by atoms with Crippen molar-refractivity contribution in [3.05, 3.63) is 65.0 Å². The Balaban J connectivity index is 1.33. The highest BCUT2D eigenvalue weighted by molar-refractivity contribution is 5.91. The first-order valence-corrected chi connectivity index (χ1v) is 12.9. The molecule has 0 amide bonds. The first-order valence-electron chi connectivity index (χ1n) is 12.9. The first kappa shape index (κ1) is 24.8. The zero-order valence-electron chi connectivity index (χ0n) is 20.0. The van der Waals surface area contributed by atoms with Crippen LogP contribution < -0.4 is 4.74 Å². The minimum absolute atomic E-state index is 0.0586. The predicted molar refractivity (Wildman–Crippen MR) is 127 cm³/mol. The van der Waals surface area contributed by atoms with E-state index >= 15 is 4.39 Å². The predicted octanol–water partition coefficient (Wildman–Crippen LogP) is 8.59. The lowest BCUT2D eigenvalue weighted by atomic mass is 9.63. The van der Waals surface area contributed by atoms with Gasteiger partial charge >= 0.3 is 5.97 Å². The molecule has 0 bridgehead atoms. The molecule has 2 nitrogen and oxygen atoms in total. The minimum atomic E-state index is -1.10. The maximum Gasteiger partial charge on any atom is 0.343 e. The van der Waals surface area contributed by atoms with Crippen LogP contribution in [-0.2, 0) is 0 Å². The Kier molecular flexibility index (Phi) is 8.33. The van der Waals surface area contributed by atoms with Gasteiger partial charge in [-0.2, -0.15) is 0 Å². The largest absolute Gasteiger partial charge is 0.423 e. The molecule has 34 heavy (non-hydrogen) atoms. The van der Waals surface area contributed by atoms with Crippen LogP contribution in [0.5, 0.6) is 5.75 Å². The smallest absolute Gasteiger partial charge is 0.343 e. The van der Waals surface area contributed by atoms with Gasteiger partial charge in [0.1, 0.15) is 11.6 Å². The Labute approximate surface area is 200 Å². The third-order valence-electron chi connectivity index (χ3n) is 7.97. The monoisotopic (exact) mass is 472 g/mol. The quantitative estimate of drug-likeness (QED) is 0.218. The molecular weight excluding hydrogens is 437 g/mol. The van der Waals surface area contributed by atoms with Crippen molar-refractivity contribution in [2.24, 2.45) is 17.8 Å². The number of hydrogen-bond acceptors (Lipinski definition) is 2. The van der Waals surface area contributed by atoms with Crippen molar-refractivity contribution in [2.75, 3.05) is 0 Å². The number of rotatable bonds is 8. The summed E-state index contributed by atoms with van der Waals surface area (Å²) in [4.78, 5) is 12.4. The summed E-state index contributed by atoms with van der Waals surface area (Å²) in [6, 6.07) is 7.33. The lowest BCUT2D eigenvalue weighted by molar-refractivity contribution is 0.0733. The van der Waals surface area contributed by atoms with Crippen LogP contribution in [0.15, 0.2) is 36.4 Å². The molecule has 2 aromatic rings. The molecular formula is C29H35F3O2. The molecule has 2 aliphatic rings. The van der Waals surface area contributed by atoms with Crippen LogP contribution in [0.2, 0.25) is 0 Å². The summed E-state index contributed by atoms with van der Waals surface area (Å²) in [5.41, 5.74) is 0.729. The molecule has 0 saturated heterocycles. The van der Waals surface area contributed by atoms with Crippen LogP contribution in [-0.4, -0.2) is 5.97 Å². The number of fused-ring (bicyclic) bond motifs is 1. The average molecular weight is 473 g/mol. The van der Waals surface area contributed by atoms with Gasteiger partial charge in [0.15, 0.2) is 11.6 Å². The molecule has 4 rings (SSSR count). The highest BCUT2D eigenvalue weighted by Crippen LogP contribution is 2.48. The molecule has 2 fully saturated rings. The standard InChI is InChI=1S/C29H35F3O2/c1-2-3-4-5-6-19-7-8-21-16-22(10-9-20(21)15-19)25-13-11-23(17-27(25)31)29(33)34-24-12-14-26(30)28(32)18-24/h11-14,17-22H,2-10,15-16H2,1H3/t19-,20-,21+,22?/m0/s1. The maximum atomic E-state index is 15.0. The zero-order valence-corrected chi connectivity index (χ0v) is 20.0. The van der Waals surface area contributed by atoms with Gasteiger partial charge in [0, 0.05) is 6.07 Å². The number of ether oxygens (including phenoxy) is 1. The summed E-state index contributed by atoms with van der Waals surface area (Å²) in [5.74, 6) is -0.946. The molecule has 184 valence electrons. The lowest BCUT2D eigenvalue weighted by Gasteiger charge is -2.42. The summed E-state index contributed by atoms with van der Waals surface area (Å²) in [5, 5.41) is 0. The SMILES string of the molecule is CCCCCC[C@H]1CC[C@@H]2CC(c3ccc(C(=O)Oc4ccc(F)c(F)c4)cc3F)CC[C@H]2C1. The Bertz CT molecular complexity index is 989. The number of carbonyl (C=O) groups excluding carboxylic acids is 1. The summed E-state index contributed by atoms with van der Waals surface area (Å²) in [6.07, 6.45) is 13.7. The van der Waals surface area contributed by atoms with Crippen LogP contribution in [0, 0.1) is 35.2 Å². The normalized spacial score (nSPS) is 24.5. The van der Waals surface area contributed by atoms with Gasteiger partial charge in [0.25, 0.3) is 0 Å². The first-order chi connectivity index (χ1) is 16.4. The van der Waals surface area contributed by atoms with E-state index in [9.17, 15) is 13.6 Å². The fourth-order valence-electron chi connectivity index (χ4n) is 6.08. The van der Waals surface area contributed by atoms with Crippen LogP contribution in [0.1, 0.15) is 99.4 Å². The second-order valence-corrected chi connectivity index (χ2v) is 10.3. The van der Waals surface area contributed by atoms with Crippen molar-refractivity contribution >= 4 is 5.97 Å². The van der Waals surface area contributed by atoms with E-state index in [2.05, 4.69) is 6.92 Å². The molecule has 2 saturated carbocycles. The molecule has 0 N–H and O–H groups in total. The third-order valence-corrected chi connectivity index (χ3v) is 7.97. The number of esters is 1. The molecule has 0 heterocycles. The third kappa shape index (κ3) is 6.03. The van der Waals surface area contributed by atoms with E-state index in [1.54, 1.807) is 12.1 Å². The number of hydrogen-bond donors (Lipinski definition) is 0. The van der Waals surface area contributed by atoms with Crippen LogP contribution >= 0.6 is 0 Å². The van der Waals surface area contributed by atoms with Gasteiger partial charge in [0.05, 0.1) is 5.56 Å². The van der Waals surface area contributed by atoms with Gasteiger partial charge in [-0.15, -0.1) is 0 Å². The molecule has 0 aromatic heterocycles. The minimum Gasteiger partial charge on any atom is -0.423 e. The number of unbranched alkanes of at least 4 members (excludes halogenated alkanes) is 3. The van der Waals surface area contributed by atoms with Gasteiger partial charge in [0.2, 0.25) is 0 Å².